The largest absolute Gasteiger partial charge is 0.458 e. The van der Waals surface area contributed by atoms with Crippen LogP contribution in [0.15, 0.2) is 101 Å². The lowest BCUT2D eigenvalue weighted by Gasteiger charge is -2.26. The lowest BCUT2D eigenvalue weighted by Crippen LogP contribution is -2.18. The number of carbonyl (C=O) groups is 4. The van der Waals surface area contributed by atoms with Crippen LogP contribution in [0.3, 0.4) is 0 Å². The molecule has 0 spiro atoms. The van der Waals surface area contributed by atoms with Gasteiger partial charge in [-0.15, -0.1) is 0 Å². The van der Waals surface area contributed by atoms with Crippen molar-refractivity contribution in [1.29, 1.82) is 0 Å². The van der Waals surface area contributed by atoms with Crippen molar-refractivity contribution < 1.29 is 38.1 Å². The highest BCUT2D eigenvalue weighted by Gasteiger charge is 2.36. The van der Waals surface area contributed by atoms with Gasteiger partial charge in [-0.1, -0.05) is 43.7 Å². The number of fused-ring (bicyclic) bond motifs is 2. The standard InChI is InChI=1S/C33H24O8/c1-18-4-9-23(17-27-28(18)32(37)41-31(27)36)38-21-10-5-19(6-11-21)33(2,3)20-7-12-22(13-8-20)39-24-14-15-25-26(16-24)30(35)40-29(25)34/h5-17H,4H2,1-3H3. The van der Waals surface area contributed by atoms with Gasteiger partial charge in [0.25, 0.3) is 0 Å². The van der Waals surface area contributed by atoms with Crippen LogP contribution in [-0.4, -0.2) is 23.9 Å². The van der Waals surface area contributed by atoms with Crippen molar-refractivity contribution in [1.82, 2.24) is 0 Å². The summed E-state index contributed by atoms with van der Waals surface area (Å²) in [4.78, 5) is 47.6. The van der Waals surface area contributed by atoms with Crippen molar-refractivity contribution >= 4 is 23.9 Å². The SMILES string of the molecule is CC1=C2C(=O)OC(=O)C2=CC(Oc2ccc(C(C)(C)c3ccc(Oc4ccc5c(c4)C(=O)OC5=O)cc3)cc2)=CC1. The lowest BCUT2D eigenvalue weighted by atomic mass is 9.78. The Morgan fingerprint density at radius 3 is 1.88 bits per heavy atom. The molecule has 0 amide bonds. The number of hydrogen-bond donors (Lipinski definition) is 0. The number of cyclic esters (lactones) is 4. The maximum absolute atomic E-state index is 12.1. The van der Waals surface area contributed by atoms with Crippen molar-refractivity contribution in [2.45, 2.75) is 32.6 Å². The molecular weight excluding hydrogens is 524 g/mol. The Balaban J connectivity index is 1.15. The molecule has 204 valence electrons. The van der Waals surface area contributed by atoms with Crippen LogP contribution in [-0.2, 0) is 24.5 Å². The van der Waals surface area contributed by atoms with E-state index in [2.05, 4.69) is 18.6 Å². The third-order valence-corrected chi connectivity index (χ3v) is 7.44. The number of ether oxygens (including phenoxy) is 4. The van der Waals surface area contributed by atoms with Crippen molar-refractivity contribution in [3.63, 3.8) is 0 Å². The summed E-state index contributed by atoms with van der Waals surface area (Å²) in [5.41, 5.74) is 3.47. The van der Waals surface area contributed by atoms with Gasteiger partial charge in [0.05, 0.1) is 22.3 Å². The first kappa shape index (κ1) is 26.0. The molecule has 0 atom stereocenters. The number of allylic oxidation sites excluding steroid dienone is 3. The van der Waals surface area contributed by atoms with Gasteiger partial charge in [0.1, 0.15) is 23.0 Å². The van der Waals surface area contributed by atoms with Crippen LogP contribution in [0, 0.1) is 0 Å². The number of hydrogen-bond acceptors (Lipinski definition) is 8. The third-order valence-electron chi connectivity index (χ3n) is 7.44. The molecular formula is C33H24O8. The molecule has 1 fully saturated rings. The topological polar surface area (TPSA) is 105 Å². The molecule has 0 bridgehead atoms. The average Bonchev–Trinajstić information content (AvgIpc) is 3.32. The van der Waals surface area contributed by atoms with Gasteiger partial charge in [-0.2, -0.15) is 0 Å². The first-order chi connectivity index (χ1) is 19.6. The summed E-state index contributed by atoms with van der Waals surface area (Å²) in [7, 11) is 0. The summed E-state index contributed by atoms with van der Waals surface area (Å²) < 4.78 is 21.3. The average molecular weight is 549 g/mol. The smallest absolute Gasteiger partial charge is 0.347 e. The Kier molecular flexibility index (Phi) is 6.18. The Bertz CT molecular complexity index is 1730. The second kappa shape index (κ2) is 9.75. The monoisotopic (exact) mass is 548 g/mol. The zero-order chi connectivity index (χ0) is 28.9. The number of rotatable bonds is 6. The van der Waals surface area contributed by atoms with Gasteiger partial charge in [0, 0.05) is 5.41 Å². The van der Waals surface area contributed by atoms with E-state index in [1.54, 1.807) is 19.1 Å². The lowest BCUT2D eigenvalue weighted by molar-refractivity contribution is -0.149. The highest BCUT2D eigenvalue weighted by molar-refractivity contribution is 6.19. The van der Waals surface area contributed by atoms with Crippen LogP contribution in [0.1, 0.15) is 59.0 Å². The molecule has 0 radical (unpaired) electrons. The van der Waals surface area contributed by atoms with E-state index >= 15 is 0 Å². The van der Waals surface area contributed by atoms with E-state index < -0.39 is 23.9 Å². The minimum Gasteiger partial charge on any atom is -0.458 e. The van der Waals surface area contributed by atoms with Gasteiger partial charge in [-0.05, 0) is 79.1 Å². The molecule has 3 aromatic carbocycles. The molecule has 8 nitrogen and oxygen atoms in total. The molecule has 0 N–H and O–H groups in total. The van der Waals surface area contributed by atoms with Crippen LogP contribution in [0.2, 0.25) is 0 Å². The zero-order valence-corrected chi connectivity index (χ0v) is 22.5. The predicted octanol–water partition coefficient (Wildman–Crippen LogP) is 6.11. The molecule has 0 aromatic heterocycles. The summed E-state index contributed by atoms with van der Waals surface area (Å²) in [5, 5.41) is 0. The third kappa shape index (κ3) is 4.74. The number of esters is 4. The Morgan fingerprint density at radius 1 is 0.659 bits per heavy atom. The van der Waals surface area contributed by atoms with Gasteiger partial charge in [-0.3, -0.25) is 0 Å². The van der Waals surface area contributed by atoms with Crippen LogP contribution in [0.25, 0.3) is 0 Å². The van der Waals surface area contributed by atoms with Gasteiger partial charge in [-0.25, -0.2) is 19.2 Å². The maximum atomic E-state index is 12.1. The maximum Gasteiger partial charge on any atom is 0.347 e. The zero-order valence-electron chi connectivity index (χ0n) is 22.5. The van der Waals surface area contributed by atoms with E-state index in [1.165, 1.54) is 12.1 Å². The molecule has 0 unspecified atom stereocenters. The summed E-state index contributed by atoms with van der Waals surface area (Å²) in [5.74, 6) is -0.544. The molecule has 3 aliphatic rings. The van der Waals surface area contributed by atoms with E-state index in [0.29, 0.717) is 35.0 Å². The van der Waals surface area contributed by atoms with E-state index in [9.17, 15) is 19.2 Å². The molecule has 8 heteroatoms. The Labute approximate surface area is 235 Å². The van der Waals surface area contributed by atoms with E-state index in [4.69, 9.17) is 14.2 Å². The minimum absolute atomic E-state index is 0.192. The molecule has 41 heavy (non-hydrogen) atoms. The molecule has 6 rings (SSSR count). The van der Waals surface area contributed by atoms with Crippen molar-refractivity contribution in [2.75, 3.05) is 0 Å². The predicted molar refractivity (Wildman–Crippen MR) is 146 cm³/mol. The van der Waals surface area contributed by atoms with E-state index in [1.807, 2.05) is 54.6 Å². The number of carbonyl (C=O) groups excluding carboxylic acids is 4. The van der Waals surface area contributed by atoms with Crippen molar-refractivity contribution in [3.05, 3.63) is 124 Å². The Morgan fingerprint density at radius 2 is 1.22 bits per heavy atom. The van der Waals surface area contributed by atoms with E-state index in [0.717, 1.165) is 16.7 Å². The van der Waals surface area contributed by atoms with Gasteiger partial charge in [0.15, 0.2) is 0 Å². The molecule has 3 aromatic rings. The van der Waals surface area contributed by atoms with Crippen LogP contribution < -0.4 is 9.47 Å². The quantitative estimate of drug-likeness (QED) is 0.269. The molecule has 2 heterocycles. The molecule has 0 saturated carbocycles. The minimum atomic E-state index is -0.678. The summed E-state index contributed by atoms with van der Waals surface area (Å²) in [6.07, 6.45) is 3.86. The van der Waals surface area contributed by atoms with Crippen LogP contribution in [0.4, 0.5) is 0 Å². The van der Waals surface area contributed by atoms with E-state index in [-0.39, 0.29) is 22.1 Å². The summed E-state index contributed by atoms with van der Waals surface area (Å²) in [6.45, 7) is 6.02. The second-order valence-corrected chi connectivity index (χ2v) is 10.5. The van der Waals surface area contributed by atoms with Gasteiger partial charge < -0.3 is 18.9 Å². The molecule has 1 saturated heterocycles. The fourth-order valence-electron chi connectivity index (χ4n) is 5.01. The summed E-state index contributed by atoms with van der Waals surface area (Å²) >= 11 is 0. The van der Waals surface area contributed by atoms with Crippen molar-refractivity contribution in [3.8, 4) is 17.2 Å². The van der Waals surface area contributed by atoms with Crippen molar-refractivity contribution in [2.24, 2.45) is 0 Å². The highest BCUT2D eigenvalue weighted by atomic mass is 16.6. The molecule has 1 aliphatic carbocycles. The Hall–Kier alpha value is -5.24. The normalized spacial score (nSPS) is 16.4. The van der Waals surface area contributed by atoms with Crippen LogP contribution in [0.5, 0.6) is 17.2 Å². The van der Waals surface area contributed by atoms with Gasteiger partial charge in [0.2, 0.25) is 0 Å². The first-order valence-corrected chi connectivity index (χ1v) is 13.0. The highest BCUT2D eigenvalue weighted by Crippen LogP contribution is 2.36. The fraction of sp³-hybridized carbons (Fsp3) is 0.152. The fourth-order valence-corrected chi connectivity index (χ4v) is 5.01. The second-order valence-electron chi connectivity index (χ2n) is 10.5. The first-order valence-electron chi connectivity index (χ1n) is 13.0. The number of benzene rings is 3. The van der Waals surface area contributed by atoms with Gasteiger partial charge >= 0.3 is 23.9 Å². The summed E-state index contributed by atoms with van der Waals surface area (Å²) in [6, 6.07) is 20.0. The van der Waals surface area contributed by atoms with Crippen LogP contribution >= 0.6 is 0 Å². The molecule has 2 aliphatic heterocycles.